The first kappa shape index (κ1) is 17.7. The van der Waals surface area contributed by atoms with Crippen LogP contribution in [0.2, 0.25) is 5.02 Å². The van der Waals surface area contributed by atoms with Crippen LogP contribution in [0.1, 0.15) is 12.0 Å². The van der Waals surface area contributed by atoms with Crippen molar-refractivity contribution in [1.82, 2.24) is 5.32 Å². The smallest absolute Gasteiger partial charge is 0.292 e. The van der Waals surface area contributed by atoms with E-state index in [1.807, 2.05) is 12.1 Å². The monoisotopic (exact) mass is 347 g/mol. The molecule has 126 valence electrons. The van der Waals surface area contributed by atoms with Crippen molar-refractivity contribution in [3.05, 3.63) is 69.2 Å². The molecule has 2 aromatic rings. The highest BCUT2D eigenvalue weighted by molar-refractivity contribution is 6.30. The third-order valence-corrected chi connectivity index (χ3v) is 3.67. The number of anilines is 1. The molecule has 0 atom stereocenters. The maximum absolute atomic E-state index is 11.8. The summed E-state index contributed by atoms with van der Waals surface area (Å²) in [6.45, 7) is 0.809. The Morgan fingerprint density at radius 3 is 2.50 bits per heavy atom. The van der Waals surface area contributed by atoms with E-state index in [4.69, 9.17) is 11.6 Å². The van der Waals surface area contributed by atoms with Gasteiger partial charge in [0.05, 0.1) is 4.92 Å². The molecule has 2 aromatic carbocycles. The van der Waals surface area contributed by atoms with Gasteiger partial charge >= 0.3 is 0 Å². The summed E-state index contributed by atoms with van der Waals surface area (Å²) in [7, 11) is 0. The lowest BCUT2D eigenvalue weighted by atomic mass is 10.1. The zero-order valence-electron chi connectivity index (χ0n) is 13.0. The number of carbonyl (C=O) groups excluding carboxylic acids is 1. The number of benzene rings is 2. The van der Waals surface area contributed by atoms with Crippen molar-refractivity contribution in [2.24, 2.45) is 0 Å². The molecule has 1 amide bonds. The molecular formula is C17H18ClN3O3. The van der Waals surface area contributed by atoms with Gasteiger partial charge in [-0.05, 0) is 30.2 Å². The van der Waals surface area contributed by atoms with Crippen LogP contribution >= 0.6 is 11.6 Å². The van der Waals surface area contributed by atoms with Gasteiger partial charge in [0, 0.05) is 30.6 Å². The SMILES string of the molecule is O=C(CCc1ccc(Cl)cc1)NCCNc1ccccc1[N+](=O)[O-]. The molecule has 0 radical (unpaired) electrons. The third-order valence-electron chi connectivity index (χ3n) is 3.42. The lowest BCUT2D eigenvalue weighted by Crippen LogP contribution is -2.29. The van der Waals surface area contributed by atoms with Crippen molar-refractivity contribution in [3.8, 4) is 0 Å². The van der Waals surface area contributed by atoms with E-state index in [-0.39, 0.29) is 11.6 Å². The van der Waals surface area contributed by atoms with Crippen LogP contribution in [-0.2, 0) is 11.2 Å². The predicted octanol–water partition coefficient (Wildman–Crippen LogP) is 3.41. The van der Waals surface area contributed by atoms with Gasteiger partial charge in [-0.1, -0.05) is 35.9 Å². The molecule has 0 saturated heterocycles. The van der Waals surface area contributed by atoms with Crippen LogP contribution in [0, 0.1) is 10.1 Å². The molecule has 0 aliphatic rings. The van der Waals surface area contributed by atoms with Gasteiger partial charge in [0.15, 0.2) is 0 Å². The Morgan fingerprint density at radius 2 is 1.79 bits per heavy atom. The lowest BCUT2D eigenvalue weighted by Gasteiger charge is -2.08. The van der Waals surface area contributed by atoms with Crippen molar-refractivity contribution in [2.75, 3.05) is 18.4 Å². The number of nitrogens with one attached hydrogen (secondary N) is 2. The molecule has 7 heteroatoms. The van der Waals surface area contributed by atoms with Gasteiger partial charge in [-0.2, -0.15) is 0 Å². The Bertz CT molecular complexity index is 704. The number of aryl methyl sites for hydroxylation is 1. The number of rotatable bonds is 8. The molecule has 0 heterocycles. The molecule has 0 aliphatic carbocycles. The Morgan fingerprint density at radius 1 is 1.08 bits per heavy atom. The minimum atomic E-state index is -0.437. The molecule has 0 fully saturated rings. The van der Waals surface area contributed by atoms with Gasteiger partial charge < -0.3 is 10.6 Å². The summed E-state index contributed by atoms with van der Waals surface area (Å²) in [6.07, 6.45) is 1.02. The summed E-state index contributed by atoms with van der Waals surface area (Å²) in [5.41, 5.74) is 1.51. The van der Waals surface area contributed by atoms with Crippen molar-refractivity contribution < 1.29 is 9.72 Å². The van der Waals surface area contributed by atoms with Crippen LogP contribution in [0.25, 0.3) is 0 Å². The van der Waals surface area contributed by atoms with Crippen LogP contribution in [0.15, 0.2) is 48.5 Å². The Kier molecular flexibility index (Phi) is 6.57. The topological polar surface area (TPSA) is 84.3 Å². The van der Waals surface area contributed by atoms with Gasteiger partial charge in [0.25, 0.3) is 5.69 Å². The highest BCUT2D eigenvalue weighted by atomic mass is 35.5. The maximum Gasteiger partial charge on any atom is 0.292 e. The third kappa shape index (κ3) is 5.55. The Labute approximate surface area is 145 Å². The number of halogens is 1. The first-order valence-corrected chi connectivity index (χ1v) is 7.92. The standard InChI is InChI=1S/C17H18ClN3O3/c18-14-8-5-13(6-9-14)7-10-17(22)20-12-11-19-15-3-1-2-4-16(15)21(23)24/h1-6,8-9,19H,7,10-12H2,(H,20,22). The number of amides is 1. The van der Waals surface area contributed by atoms with Crippen molar-refractivity contribution >= 4 is 28.9 Å². The number of carbonyl (C=O) groups is 1. The highest BCUT2D eigenvalue weighted by Gasteiger charge is 2.11. The molecule has 24 heavy (non-hydrogen) atoms. The van der Waals surface area contributed by atoms with E-state index in [1.54, 1.807) is 30.3 Å². The Hall–Kier alpha value is -2.60. The van der Waals surface area contributed by atoms with Crippen LogP contribution in [0.3, 0.4) is 0 Å². The number of nitrogens with zero attached hydrogens (tertiary/aromatic N) is 1. The van der Waals surface area contributed by atoms with E-state index in [9.17, 15) is 14.9 Å². The first-order valence-electron chi connectivity index (χ1n) is 7.54. The average molecular weight is 348 g/mol. The zero-order chi connectivity index (χ0) is 17.4. The minimum absolute atomic E-state index is 0.0200. The summed E-state index contributed by atoms with van der Waals surface area (Å²) in [4.78, 5) is 22.3. The molecular weight excluding hydrogens is 330 g/mol. The molecule has 0 bridgehead atoms. The molecule has 0 aliphatic heterocycles. The van der Waals surface area contributed by atoms with E-state index in [2.05, 4.69) is 10.6 Å². The number of hydrogen-bond acceptors (Lipinski definition) is 4. The predicted molar refractivity (Wildman–Crippen MR) is 94.4 cm³/mol. The van der Waals surface area contributed by atoms with Gasteiger partial charge in [0.2, 0.25) is 5.91 Å². The second-order valence-electron chi connectivity index (χ2n) is 5.18. The number of nitro benzene ring substituents is 1. The minimum Gasteiger partial charge on any atom is -0.378 e. The van der Waals surface area contributed by atoms with Crippen molar-refractivity contribution in [3.63, 3.8) is 0 Å². The zero-order valence-corrected chi connectivity index (χ0v) is 13.8. The van der Waals surface area contributed by atoms with E-state index in [1.165, 1.54) is 6.07 Å². The highest BCUT2D eigenvalue weighted by Crippen LogP contribution is 2.22. The van der Waals surface area contributed by atoms with E-state index in [0.717, 1.165) is 5.56 Å². The van der Waals surface area contributed by atoms with Crippen LogP contribution in [0.5, 0.6) is 0 Å². The molecule has 2 N–H and O–H groups in total. The number of hydrogen-bond donors (Lipinski definition) is 2. The molecule has 0 unspecified atom stereocenters. The lowest BCUT2D eigenvalue weighted by molar-refractivity contribution is -0.384. The largest absolute Gasteiger partial charge is 0.378 e. The Balaban J connectivity index is 1.69. The van der Waals surface area contributed by atoms with Gasteiger partial charge in [-0.15, -0.1) is 0 Å². The summed E-state index contributed by atoms with van der Waals surface area (Å²) in [5, 5.41) is 17.3. The number of para-hydroxylation sites is 2. The maximum atomic E-state index is 11.8. The fourth-order valence-electron chi connectivity index (χ4n) is 2.18. The van der Waals surface area contributed by atoms with E-state index in [0.29, 0.717) is 36.6 Å². The van der Waals surface area contributed by atoms with Gasteiger partial charge in [0.1, 0.15) is 5.69 Å². The molecule has 2 rings (SSSR count). The second-order valence-corrected chi connectivity index (χ2v) is 5.61. The fraction of sp³-hybridized carbons (Fsp3) is 0.235. The normalized spacial score (nSPS) is 10.2. The summed E-state index contributed by atoms with van der Waals surface area (Å²) in [6, 6.07) is 13.8. The summed E-state index contributed by atoms with van der Waals surface area (Å²) < 4.78 is 0. The first-order chi connectivity index (χ1) is 11.6. The molecule has 0 aromatic heterocycles. The van der Waals surface area contributed by atoms with Crippen molar-refractivity contribution in [2.45, 2.75) is 12.8 Å². The van der Waals surface area contributed by atoms with Gasteiger partial charge in [-0.25, -0.2) is 0 Å². The summed E-state index contributed by atoms with van der Waals surface area (Å²) >= 11 is 5.81. The molecule has 6 nitrogen and oxygen atoms in total. The van der Waals surface area contributed by atoms with Gasteiger partial charge in [-0.3, -0.25) is 14.9 Å². The molecule has 0 spiro atoms. The quantitative estimate of drug-likeness (QED) is 0.435. The second kappa shape index (κ2) is 8.88. The number of nitro groups is 1. The fourth-order valence-corrected chi connectivity index (χ4v) is 2.30. The van der Waals surface area contributed by atoms with Crippen molar-refractivity contribution in [1.29, 1.82) is 0 Å². The van der Waals surface area contributed by atoms with E-state index < -0.39 is 4.92 Å². The summed E-state index contributed by atoms with van der Waals surface area (Å²) in [5.74, 6) is -0.0608. The molecule has 0 saturated carbocycles. The average Bonchev–Trinajstić information content (AvgIpc) is 2.58. The van der Waals surface area contributed by atoms with Crippen LogP contribution in [0.4, 0.5) is 11.4 Å². The van der Waals surface area contributed by atoms with Crippen LogP contribution in [-0.4, -0.2) is 23.9 Å². The van der Waals surface area contributed by atoms with Crippen LogP contribution < -0.4 is 10.6 Å². The van der Waals surface area contributed by atoms with E-state index >= 15 is 0 Å².